The van der Waals surface area contributed by atoms with Crippen molar-refractivity contribution in [1.29, 1.82) is 0 Å². The highest BCUT2D eigenvalue weighted by Gasteiger charge is 2.27. The van der Waals surface area contributed by atoms with Gasteiger partial charge in [-0.25, -0.2) is 0 Å². The first-order valence-corrected chi connectivity index (χ1v) is 6.69. The third-order valence-corrected chi connectivity index (χ3v) is 3.94. The number of likely N-dealkylation sites (tertiary alicyclic amines) is 1. The second-order valence-corrected chi connectivity index (χ2v) is 5.14. The van der Waals surface area contributed by atoms with E-state index < -0.39 is 0 Å². The molecular formula is C14H16ClN3. The third-order valence-electron chi connectivity index (χ3n) is 3.58. The van der Waals surface area contributed by atoms with Crippen molar-refractivity contribution >= 4 is 11.6 Å². The second-order valence-electron chi connectivity index (χ2n) is 4.73. The van der Waals surface area contributed by atoms with Gasteiger partial charge >= 0.3 is 0 Å². The Hall–Kier alpha value is -1.32. The van der Waals surface area contributed by atoms with Gasteiger partial charge in [-0.05, 0) is 37.1 Å². The molecule has 0 radical (unpaired) electrons. The van der Waals surface area contributed by atoms with Gasteiger partial charge in [0.15, 0.2) is 0 Å². The number of halogens is 1. The number of benzene rings is 1. The van der Waals surface area contributed by atoms with Gasteiger partial charge in [0.25, 0.3) is 0 Å². The van der Waals surface area contributed by atoms with Crippen LogP contribution < -0.4 is 0 Å². The van der Waals surface area contributed by atoms with Gasteiger partial charge in [-0.1, -0.05) is 29.8 Å². The molecule has 3 nitrogen and oxygen atoms in total. The number of nitrogens with zero attached hydrogens (tertiary/aromatic N) is 2. The van der Waals surface area contributed by atoms with Crippen molar-refractivity contribution in [2.24, 2.45) is 0 Å². The quantitative estimate of drug-likeness (QED) is 0.918. The van der Waals surface area contributed by atoms with E-state index in [1.165, 1.54) is 24.1 Å². The van der Waals surface area contributed by atoms with E-state index in [1.54, 1.807) is 0 Å². The molecule has 1 unspecified atom stereocenters. The molecule has 94 valence electrons. The Morgan fingerprint density at radius 3 is 3.00 bits per heavy atom. The smallest absolute Gasteiger partial charge is 0.0523 e. The second kappa shape index (κ2) is 5.12. The number of aromatic nitrogens is 2. The molecule has 2 heterocycles. The van der Waals surface area contributed by atoms with Gasteiger partial charge in [-0.15, -0.1) is 0 Å². The van der Waals surface area contributed by atoms with Gasteiger partial charge in [0.1, 0.15) is 0 Å². The maximum absolute atomic E-state index is 6.23. The van der Waals surface area contributed by atoms with Gasteiger partial charge in [0.2, 0.25) is 0 Å². The van der Waals surface area contributed by atoms with E-state index in [2.05, 4.69) is 27.2 Å². The van der Waals surface area contributed by atoms with E-state index in [0.717, 1.165) is 18.1 Å². The summed E-state index contributed by atoms with van der Waals surface area (Å²) in [6.07, 6.45) is 4.24. The van der Waals surface area contributed by atoms with Crippen LogP contribution in [0.3, 0.4) is 0 Å². The zero-order chi connectivity index (χ0) is 12.4. The van der Waals surface area contributed by atoms with Crippen LogP contribution in [0.1, 0.15) is 30.1 Å². The van der Waals surface area contributed by atoms with Gasteiger partial charge in [0.05, 0.1) is 11.7 Å². The fourth-order valence-electron chi connectivity index (χ4n) is 2.67. The van der Waals surface area contributed by atoms with E-state index in [1.807, 2.05) is 24.4 Å². The highest BCUT2D eigenvalue weighted by Crippen LogP contribution is 2.32. The molecule has 4 heteroatoms. The van der Waals surface area contributed by atoms with Crippen LogP contribution in [-0.4, -0.2) is 21.6 Å². The van der Waals surface area contributed by atoms with Crippen LogP contribution in [0, 0.1) is 0 Å². The Bertz CT molecular complexity index is 510. The Kier molecular flexibility index (Phi) is 3.35. The van der Waals surface area contributed by atoms with Crippen LogP contribution >= 0.6 is 11.6 Å². The van der Waals surface area contributed by atoms with Crippen LogP contribution in [0.25, 0.3) is 0 Å². The number of nitrogens with one attached hydrogen (secondary N) is 1. The van der Waals surface area contributed by atoms with Crippen LogP contribution in [0.15, 0.2) is 36.5 Å². The molecule has 2 aromatic rings. The summed E-state index contributed by atoms with van der Waals surface area (Å²) in [6.45, 7) is 2.03. The summed E-state index contributed by atoms with van der Waals surface area (Å²) in [4.78, 5) is 2.47. The van der Waals surface area contributed by atoms with Crippen LogP contribution in [-0.2, 0) is 6.54 Å². The highest BCUT2D eigenvalue weighted by atomic mass is 35.5. The van der Waals surface area contributed by atoms with Crippen LogP contribution in [0.4, 0.5) is 0 Å². The normalized spacial score (nSPS) is 20.4. The van der Waals surface area contributed by atoms with Crippen molar-refractivity contribution in [2.75, 3.05) is 6.54 Å². The van der Waals surface area contributed by atoms with Gasteiger partial charge < -0.3 is 0 Å². The molecule has 0 aliphatic carbocycles. The molecule has 3 rings (SSSR count). The number of rotatable bonds is 3. The van der Waals surface area contributed by atoms with Crippen LogP contribution in [0.2, 0.25) is 5.02 Å². The highest BCUT2D eigenvalue weighted by molar-refractivity contribution is 6.31. The number of aromatic amines is 1. The molecule has 1 N–H and O–H groups in total. The molecule has 1 aromatic carbocycles. The predicted molar refractivity (Wildman–Crippen MR) is 72.4 cm³/mol. The monoisotopic (exact) mass is 261 g/mol. The first kappa shape index (κ1) is 11.8. The van der Waals surface area contributed by atoms with Crippen molar-refractivity contribution in [2.45, 2.75) is 25.4 Å². The molecule has 0 bridgehead atoms. The summed E-state index contributed by atoms with van der Waals surface area (Å²) >= 11 is 6.23. The number of hydrogen-bond donors (Lipinski definition) is 1. The SMILES string of the molecule is Clc1ccccc1CN1CCCC1c1ccn[nH]1. The largest absolute Gasteiger partial charge is 0.290 e. The van der Waals surface area contributed by atoms with E-state index in [0.29, 0.717) is 6.04 Å². The molecule has 1 aliphatic heterocycles. The lowest BCUT2D eigenvalue weighted by molar-refractivity contribution is 0.244. The summed E-state index contributed by atoms with van der Waals surface area (Å²) in [5.74, 6) is 0. The predicted octanol–water partition coefficient (Wildman–Crippen LogP) is 3.40. The fourth-order valence-corrected chi connectivity index (χ4v) is 2.86. The molecular weight excluding hydrogens is 246 g/mol. The third kappa shape index (κ3) is 2.28. The summed E-state index contributed by atoms with van der Waals surface area (Å²) < 4.78 is 0. The lowest BCUT2D eigenvalue weighted by atomic mass is 10.1. The topological polar surface area (TPSA) is 31.9 Å². The van der Waals surface area contributed by atoms with E-state index in [4.69, 9.17) is 11.6 Å². The number of hydrogen-bond acceptors (Lipinski definition) is 2. The van der Waals surface area contributed by atoms with E-state index in [9.17, 15) is 0 Å². The standard InChI is InChI=1S/C14H16ClN3/c15-12-5-2-1-4-11(12)10-18-9-3-6-14(18)13-7-8-16-17-13/h1-2,4-5,7-8,14H,3,6,9-10H2,(H,16,17). The van der Waals surface area contributed by atoms with Crippen molar-refractivity contribution in [3.05, 3.63) is 52.8 Å². The Morgan fingerprint density at radius 1 is 1.33 bits per heavy atom. The van der Waals surface area contributed by atoms with E-state index in [-0.39, 0.29) is 0 Å². The minimum atomic E-state index is 0.448. The molecule has 0 amide bonds. The maximum atomic E-state index is 6.23. The summed E-state index contributed by atoms with van der Waals surface area (Å²) in [7, 11) is 0. The van der Waals surface area contributed by atoms with Crippen molar-refractivity contribution in [1.82, 2.24) is 15.1 Å². The molecule has 1 saturated heterocycles. The lowest BCUT2D eigenvalue weighted by Crippen LogP contribution is -2.23. The van der Waals surface area contributed by atoms with Gasteiger partial charge in [-0.3, -0.25) is 10.00 Å². The number of H-pyrrole nitrogens is 1. The Balaban J connectivity index is 1.78. The minimum Gasteiger partial charge on any atom is -0.290 e. The summed E-state index contributed by atoms with van der Waals surface area (Å²) in [5.41, 5.74) is 2.41. The molecule has 0 saturated carbocycles. The van der Waals surface area contributed by atoms with Crippen LogP contribution in [0.5, 0.6) is 0 Å². The molecule has 1 aromatic heterocycles. The zero-order valence-corrected chi connectivity index (χ0v) is 10.9. The van der Waals surface area contributed by atoms with Gasteiger partial charge in [-0.2, -0.15) is 5.10 Å². The average Bonchev–Trinajstić information content (AvgIpc) is 3.02. The summed E-state index contributed by atoms with van der Waals surface area (Å²) in [5, 5.41) is 7.99. The first-order chi connectivity index (χ1) is 8.84. The van der Waals surface area contributed by atoms with Crippen molar-refractivity contribution in [3.63, 3.8) is 0 Å². The Labute approximate surface area is 112 Å². The molecule has 1 fully saturated rings. The minimum absolute atomic E-state index is 0.448. The van der Waals surface area contributed by atoms with Crippen molar-refractivity contribution < 1.29 is 0 Å². The lowest BCUT2D eigenvalue weighted by Gasteiger charge is -2.23. The molecule has 0 spiro atoms. The Morgan fingerprint density at radius 2 is 2.22 bits per heavy atom. The molecule has 1 aliphatic rings. The zero-order valence-electron chi connectivity index (χ0n) is 10.1. The molecule has 1 atom stereocenters. The molecule has 18 heavy (non-hydrogen) atoms. The van der Waals surface area contributed by atoms with E-state index >= 15 is 0 Å². The fraction of sp³-hybridized carbons (Fsp3) is 0.357. The first-order valence-electron chi connectivity index (χ1n) is 6.31. The van der Waals surface area contributed by atoms with Gasteiger partial charge in [0, 0.05) is 17.8 Å². The average molecular weight is 262 g/mol. The summed E-state index contributed by atoms with van der Waals surface area (Å²) in [6, 6.07) is 10.6. The van der Waals surface area contributed by atoms with Crippen molar-refractivity contribution in [3.8, 4) is 0 Å². The maximum Gasteiger partial charge on any atom is 0.0523 e.